The molecule has 0 N–H and O–H groups in total. The topological polar surface area (TPSA) is 25.1 Å². The van der Waals surface area contributed by atoms with Crippen LogP contribution in [-0.4, -0.2) is 5.79 Å². The van der Waals surface area contributed by atoms with E-state index in [9.17, 15) is 0 Å². The van der Waals surface area contributed by atoms with Crippen molar-refractivity contribution in [3.05, 3.63) is 0 Å². The molecule has 1 atom stereocenters. The minimum atomic E-state index is -0.318. The van der Waals surface area contributed by atoms with E-state index in [2.05, 4.69) is 41.5 Å². The fraction of sp³-hybridized carbons (Fsp3) is 1.00. The average molecular weight is 200 g/mol. The lowest BCUT2D eigenvalue weighted by Crippen LogP contribution is -2.36. The van der Waals surface area contributed by atoms with E-state index in [0.29, 0.717) is 5.92 Å². The van der Waals surface area contributed by atoms with Gasteiger partial charge in [-0.2, -0.15) is 9.78 Å². The monoisotopic (exact) mass is 200 g/mol. The zero-order valence-corrected chi connectivity index (χ0v) is 10.4. The van der Waals surface area contributed by atoms with E-state index in [-0.39, 0.29) is 11.2 Å². The largest absolute Gasteiger partial charge is 0.241 e. The number of rotatable bonds is 4. The zero-order chi connectivity index (χ0) is 11.0. The van der Waals surface area contributed by atoms with Crippen molar-refractivity contribution in [2.75, 3.05) is 0 Å². The van der Waals surface area contributed by atoms with Crippen LogP contribution in [0, 0.1) is 17.3 Å². The van der Waals surface area contributed by atoms with Gasteiger partial charge in [-0.25, -0.2) is 0 Å². The molecule has 0 aromatic heterocycles. The van der Waals surface area contributed by atoms with E-state index in [1.54, 1.807) is 0 Å². The van der Waals surface area contributed by atoms with E-state index in [4.69, 9.17) is 9.78 Å². The van der Waals surface area contributed by atoms with Crippen molar-refractivity contribution in [3.8, 4) is 0 Å². The maximum atomic E-state index is 5.25. The van der Waals surface area contributed by atoms with Crippen molar-refractivity contribution >= 4 is 0 Å². The minimum Gasteiger partial charge on any atom is -0.194 e. The van der Waals surface area contributed by atoms with Crippen LogP contribution in [0.1, 0.15) is 54.4 Å². The molecule has 1 fully saturated rings. The molecule has 2 nitrogen and oxygen atoms in total. The summed E-state index contributed by atoms with van der Waals surface area (Å²) in [6.07, 6.45) is 2.42. The average Bonchev–Trinajstić information content (AvgIpc) is 2.77. The Kier molecular flexibility index (Phi) is 3.27. The predicted molar refractivity (Wildman–Crippen MR) is 57.6 cm³/mol. The Balaban J connectivity index is 2.48. The summed E-state index contributed by atoms with van der Waals surface area (Å²) in [5.41, 5.74) is 0.0728. The SMILES string of the molecule is CC(C)CCC(C)C1(C(C)(C)C)OO1. The van der Waals surface area contributed by atoms with Gasteiger partial charge in [-0.05, 0) is 12.3 Å². The Hall–Kier alpha value is -0.0800. The molecule has 1 unspecified atom stereocenters. The van der Waals surface area contributed by atoms with Gasteiger partial charge < -0.3 is 0 Å². The third-order valence-corrected chi connectivity index (χ3v) is 3.13. The Morgan fingerprint density at radius 1 is 1.00 bits per heavy atom. The normalized spacial score (nSPS) is 22.5. The lowest BCUT2D eigenvalue weighted by molar-refractivity contribution is 0.0850. The summed E-state index contributed by atoms with van der Waals surface area (Å²) in [7, 11) is 0. The first-order valence-corrected chi connectivity index (χ1v) is 5.66. The third kappa shape index (κ3) is 2.29. The van der Waals surface area contributed by atoms with Gasteiger partial charge in [-0.15, -0.1) is 0 Å². The highest BCUT2D eigenvalue weighted by Gasteiger charge is 2.61. The summed E-state index contributed by atoms with van der Waals surface area (Å²) in [5, 5.41) is 0. The van der Waals surface area contributed by atoms with Crippen molar-refractivity contribution in [2.45, 2.75) is 60.2 Å². The molecular formula is C12H24O2. The van der Waals surface area contributed by atoms with Gasteiger partial charge in [-0.1, -0.05) is 48.0 Å². The molecule has 0 radical (unpaired) electrons. The Bertz CT molecular complexity index is 187. The Morgan fingerprint density at radius 2 is 1.50 bits per heavy atom. The molecule has 2 heteroatoms. The first-order valence-electron chi connectivity index (χ1n) is 5.66. The molecule has 0 aromatic rings. The predicted octanol–water partition coefficient (Wildman–Crippen LogP) is 3.76. The van der Waals surface area contributed by atoms with E-state index in [1.165, 1.54) is 12.8 Å². The molecule has 0 bridgehead atoms. The van der Waals surface area contributed by atoms with E-state index < -0.39 is 0 Å². The summed E-state index contributed by atoms with van der Waals surface area (Å²) in [6.45, 7) is 13.3. The second-order valence-corrected chi connectivity index (χ2v) is 5.96. The molecule has 1 aliphatic rings. The van der Waals surface area contributed by atoms with Gasteiger partial charge in [0.1, 0.15) is 0 Å². The highest BCUT2D eigenvalue weighted by molar-refractivity contribution is 4.92. The maximum absolute atomic E-state index is 5.25. The molecule has 0 aromatic carbocycles. The highest BCUT2D eigenvalue weighted by Crippen LogP contribution is 2.52. The van der Waals surface area contributed by atoms with Crippen LogP contribution >= 0.6 is 0 Å². The molecule has 1 heterocycles. The molecule has 84 valence electrons. The van der Waals surface area contributed by atoms with Gasteiger partial charge in [0.2, 0.25) is 5.79 Å². The van der Waals surface area contributed by atoms with E-state index >= 15 is 0 Å². The quantitative estimate of drug-likeness (QED) is 0.510. The van der Waals surface area contributed by atoms with Crippen molar-refractivity contribution in [1.82, 2.24) is 0 Å². The maximum Gasteiger partial charge on any atom is 0.241 e. The molecule has 14 heavy (non-hydrogen) atoms. The summed E-state index contributed by atoms with van der Waals surface area (Å²) in [4.78, 5) is 10.5. The molecule has 1 aliphatic heterocycles. The van der Waals surface area contributed by atoms with Crippen LogP contribution in [-0.2, 0) is 9.78 Å². The third-order valence-electron chi connectivity index (χ3n) is 3.13. The van der Waals surface area contributed by atoms with Crippen LogP contribution in [0.15, 0.2) is 0 Å². The van der Waals surface area contributed by atoms with Gasteiger partial charge in [0, 0.05) is 11.3 Å². The highest BCUT2D eigenvalue weighted by atomic mass is 17.4. The van der Waals surface area contributed by atoms with Gasteiger partial charge >= 0.3 is 0 Å². The minimum absolute atomic E-state index is 0.0728. The van der Waals surface area contributed by atoms with Crippen molar-refractivity contribution in [3.63, 3.8) is 0 Å². The van der Waals surface area contributed by atoms with Crippen LogP contribution in [0.2, 0.25) is 0 Å². The van der Waals surface area contributed by atoms with Gasteiger partial charge in [0.25, 0.3) is 0 Å². The fourth-order valence-electron chi connectivity index (χ4n) is 1.97. The van der Waals surface area contributed by atoms with Gasteiger partial charge in [0.15, 0.2) is 0 Å². The lowest BCUT2D eigenvalue weighted by Gasteiger charge is -2.28. The second kappa shape index (κ2) is 3.82. The number of hydrogen-bond acceptors (Lipinski definition) is 2. The molecule has 0 amide bonds. The van der Waals surface area contributed by atoms with Crippen molar-refractivity contribution in [1.29, 1.82) is 0 Å². The van der Waals surface area contributed by atoms with E-state index in [1.807, 2.05) is 0 Å². The molecule has 0 saturated carbocycles. The Labute approximate surface area is 87.9 Å². The van der Waals surface area contributed by atoms with Crippen molar-refractivity contribution in [2.24, 2.45) is 17.3 Å². The Morgan fingerprint density at radius 3 is 1.79 bits per heavy atom. The molecule has 0 spiro atoms. The van der Waals surface area contributed by atoms with Crippen molar-refractivity contribution < 1.29 is 9.78 Å². The first kappa shape index (κ1) is 12.0. The van der Waals surface area contributed by atoms with Crippen LogP contribution in [0.3, 0.4) is 0 Å². The molecule has 1 rings (SSSR count). The molecular weight excluding hydrogens is 176 g/mol. The summed E-state index contributed by atoms with van der Waals surface area (Å²) in [6, 6.07) is 0. The molecule has 1 saturated heterocycles. The summed E-state index contributed by atoms with van der Waals surface area (Å²) < 4.78 is 0. The van der Waals surface area contributed by atoms with Crippen LogP contribution in [0.5, 0.6) is 0 Å². The van der Waals surface area contributed by atoms with E-state index in [0.717, 1.165) is 5.92 Å². The van der Waals surface area contributed by atoms with Crippen LogP contribution in [0.25, 0.3) is 0 Å². The first-order chi connectivity index (χ1) is 6.29. The van der Waals surface area contributed by atoms with Crippen LogP contribution in [0.4, 0.5) is 0 Å². The van der Waals surface area contributed by atoms with Gasteiger partial charge in [0.05, 0.1) is 0 Å². The van der Waals surface area contributed by atoms with Crippen LogP contribution < -0.4 is 0 Å². The lowest BCUT2D eigenvalue weighted by atomic mass is 9.77. The summed E-state index contributed by atoms with van der Waals surface area (Å²) >= 11 is 0. The fourth-order valence-corrected chi connectivity index (χ4v) is 1.97. The van der Waals surface area contributed by atoms with Gasteiger partial charge in [-0.3, -0.25) is 0 Å². The zero-order valence-electron chi connectivity index (χ0n) is 10.4. The number of hydrogen-bond donors (Lipinski definition) is 0. The summed E-state index contributed by atoms with van der Waals surface area (Å²) in [5.74, 6) is 0.917. The standard InChI is InChI=1S/C12H24O2/c1-9(2)7-8-10(3)12(13-14-12)11(4,5)6/h9-10H,7-8H2,1-6H3. The second-order valence-electron chi connectivity index (χ2n) is 5.96. The smallest absolute Gasteiger partial charge is 0.194 e. The molecule has 0 aliphatic carbocycles.